The fourth-order valence-corrected chi connectivity index (χ4v) is 12.7. The van der Waals surface area contributed by atoms with Gasteiger partial charge in [-0.2, -0.15) is 0 Å². The first-order chi connectivity index (χ1) is 24.5. The van der Waals surface area contributed by atoms with Crippen molar-refractivity contribution in [1.29, 1.82) is 0 Å². The lowest BCUT2D eigenvalue weighted by molar-refractivity contribution is -0.416. The summed E-state index contributed by atoms with van der Waals surface area (Å²) in [6.07, 6.45) is 4.00. The lowest BCUT2D eigenvalue weighted by Gasteiger charge is -2.66. The number of aryl methyl sites for hydroxylation is 1. The summed E-state index contributed by atoms with van der Waals surface area (Å²) >= 11 is 0. The third-order valence-corrected chi connectivity index (χ3v) is 15.1. The largest absolute Gasteiger partial charge is 0.485 e. The lowest BCUT2D eigenvalue weighted by Crippen LogP contribution is -2.85. The van der Waals surface area contributed by atoms with Crippen LogP contribution in [-0.4, -0.2) is 122 Å². The number of nitrogens with one attached hydrogen (secondary N) is 1. The Balaban J connectivity index is 1.39. The molecule has 3 heterocycles. The molecule has 2 aromatic rings. The second kappa shape index (κ2) is 14.6. The van der Waals surface area contributed by atoms with Gasteiger partial charge in [-0.05, 0) is 56.2 Å². The predicted octanol–water partition coefficient (Wildman–Crippen LogP) is 2.07. The third kappa shape index (κ3) is 6.28. The standard InChI is InChI=1S/C36H49NO12S2/c1-2-45-26(41)8-6-21-15-22-9-13-46-28(22)30-29(21)48-32-36(44)27-23(5-7-25(40)24(27)17-38)16-35(43,31(36)42)34(19-39,49-32)20-50-51-33(10-3-4-11-33)18-37-12-14-47-30/h5,7,9,13,15,23-25,27,31-32,37-40,42-44H,2-4,6,8,10-12,14,16-20H2,1H3. The van der Waals surface area contributed by atoms with E-state index in [1.54, 1.807) is 35.9 Å². The molecule has 282 valence electrons. The Morgan fingerprint density at radius 3 is 2.69 bits per heavy atom. The van der Waals surface area contributed by atoms with Crippen LogP contribution in [0.2, 0.25) is 0 Å². The van der Waals surface area contributed by atoms with Crippen molar-refractivity contribution >= 4 is 38.5 Å². The van der Waals surface area contributed by atoms with Gasteiger partial charge in [-0.15, -0.1) is 0 Å². The molecule has 9 atom stereocenters. The zero-order chi connectivity index (χ0) is 36.0. The average Bonchev–Trinajstić information content (AvgIpc) is 3.79. The van der Waals surface area contributed by atoms with Crippen molar-refractivity contribution in [2.45, 2.75) is 91.9 Å². The molecular formula is C36H49NO12S2. The van der Waals surface area contributed by atoms with Gasteiger partial charge in [0, 0.05) is 53.8 Å². The van der Waals surface area contributed by atoms with Crippen molar-refractivity contribution in [1.82, 2.24) is 5.32 Å². The quantitative estimate of drug-likeness (QED) is 0.128. The molecule has 1 spiro atoms. The molecule has 0 radical (unpaired) electrons. The molecular weight excluding hydrogens is 703 g/mol. The van der Waals surface area contributed by atoms with Crippen molar-refractivity contribution in [2.24, 2.45) is 17.8 Å². The number of carbonyl (C=O) groups excluding carboxylic acids is 1. The average molecular weight is 752 g/mol. The molecule has 5 aliphatic rings. The van der Waals surface area contributed by atoms with Gasteiger partial charge in [0.1, 0.15) is 23.9 Å². The fourth-order valence-electron chi connectivity index (χ4n) is 9.05. The van der Waals surface area contributed by atoms with Crippen LogP contribution >= 0.6 is 21.6 Å². The van der Waals surface area contributed by atoms with Gasteiger partial charge < -0.3 is 59.3 Å². The summed E-state index contributed by atoms with van der Waals surface area (Å²) in [6, 6.07) is 3.55. The molecule has 0 amide bonds. The minimum Gasteiger partial charge on any atom is -0.485 e. The number of rotatable bonds is 6. The maximum absolute atomic E-state index is 12.9. The third-order valence-electron chi connectivity index (χ3n) is 11.7. The molecule has 9 unspecified atom stereocenters. The van der Waals surface area contributed by atoms with Crippen LogP contribution in [0.25, 0.3) is 11.0 Å². The van der Waals surface area contributed by atoms with Crippen LogP contribution in [0.1, 0.15) is 51.0 Å². The predicted molar refractivity (Wildman–Crippen MR) is 189 cm³/mol. The fraction of sp³-hybridized carbons (Fsp3) is 0.694. The van der Waals surface area contributed by atoms with Gasteiger partial charge in [-0.25, -0.2) is 0 Å². The maximum atomic E-state index is 12.9. The molecule has 2 saturated carbocycles. The van der Waals surface area contributed by atoms with Crippen LogP contribution in [0.4, 0.5) is 0 Å². The van der Waals surface area contributed by atoms with E-state index in [1.165, 1.54) is 23.1 Å². The second-order valence-corrected chi connectivity index (χ2v) is 17.4. The number of ether oxygens (including phenoxy) is 4. The van der Waals surface area contributed by atoms with E-state index in [0.717, 1.165) is 25.7 Å². The summed E-state index contributed by atoms with van der Waals surface area (Å²) in [4.78, 5) is 12.6. The molecule has 7 N–H and O–H groups in total. The Hall–Kier alpha value is -2.05. The number of furan rings is 1. The summed E-state index contributed by atoms with van der Waals surface area (Å²) in [6.45, 7) is 2.11. The molecule has 3 aliphatic carbocycles. The van der Waals surface area contributed by atoms with Gasteiger partial charge in [-0.3, -0.25) is 4.79 Å². The first-order valence-corrected chi connectivity index (χ1v) is 20.2. The molecule has 1 aromatic heterocycles. The van der Waals surface area contributed by atoms with Crippen LogP contribution < -0.4 is 14.8 Å². The number of hydrogen-bond donors (Lipinski definition) is 7. The van der Waals surface area contributed by atoms with E-state index in [-0.39, 0.29) is 54.5 Å². The monoisotopic (exact) mass is 751 g/mol. The lowest BCUT2D eigenvalue weighted by atomic mass is 9.51. The minimum absolute atomic E-state index is 0.00246. The Morgan fingerprint density at radius 1 is 1.14 bits per heavy atom. The Bertz CT molecular complexity index is 1600. The van der Waals surface area contributed by atoms with E-state index in [4.69, 9.17) is 23.4 Å². The normalized spacial score (nSPS) is 37.8. The number of hydrogen-bond acceptors (Lipinski definition) is 15. The number of aliphatic hydroxyl groups is 6. The van der Waals surface area contributed by atoms with Gasteiger partial charge in [0.25, 0.3) is 0 Å². The highest BCUT2D eigenvalue weighted by molar-refractivity contribution is 8.77. The van der Waals surface area contributed by atoms with Crippen molar-refractivity contribution in [3.8, 4) is 11.5 Å². The van der Waals surface area contributed by atoms with Gasteiger partial charge >= 0.3 is 5.97 Å². The van der Waals surface area contributed by atoms with E-state index >= 15 is 0 Å². The summed E-state index contributed by atoms with van der Waals surface area (Å²) in [5.74, 6) is -2.71. The zero-order valence-corrected chi connectivity index (χ0v) is 30.3. The van der Waals surface area contributed by atoms with E-state index < -0.39 is 72.2 Å². The SMILES string of the molecule is CCOC(=O)CCc1cc2ccoc2c2c1OC1OC(CO)(CSSC3(CCCC3)CNCCO2)C2(O)CC3C=CC(O)C(CO)C3C1(O)C2O. The summed E-state index contributed by atoms with van der Waals surface area (Å²) in [5.41, 5.74) is -5.54. The number of carbonyl (C=O) groups is 1. The molecule has 51 heavy (non-hydrogen) atoms. The maximum Gasteiger partial charge on any atom is 0.306 e. The van der Waals surface area contributed by atoms with Gasteiger partial charge in [0.05, 0.1) is 25.6 Å². The van der Waals surface area contributed by atoms with Crippen LogP contribution in [-0.2, 0) is 20.7 Å². The van der Waals surface area contributed by atoms with Crippen LogP contribution in [0, 0.1) is 17.8 Å². The number of allylic oxidation sites excluding steroid dienone is 1. The highest BCUT2D eigenvalue weighted by Gasteiger charge is 2.76. The molecule has 4 bridgehead atoms. The van der Waals surface area contributed by atoms with Crippen LogP contribution in [0.3, 0.4) is 0 Å². The Morgan fingerprint density at radius 2 is 1.94 bits per heavy atom. The van der Waals surface area contributed by atoms with E-state index in [9.17, 15) is 35.4 Å². The molecule has 1 aromatic carbocycles. The zero-order valence-electron chi connectivity index (χ0n) is 28.7. The summed E-state index contributed by atoms with van der Waals surface area (Å²) in [5, 5.41) is 74.8. The first kappa shape index (κ1) is 37.3. The second-order valence-electron chi connectivity index (χ2n) is 14.6. The Labute approximate surface area is 304 Å². The summed E-state index contributed by atoms with van der Waals surface area (Å²) in [7, 11) is 3.12. The molecule has 3 fully saturated rings. The van der Waals surface area contributed by atoms with Crippen molar-refractivity contribution in [3.63, 3.8) is 0 Å². The molecule has 13 nitrogen and oxygen atoms in total. The highest BCUT2D eigenvalue weighted by Crippen LogP contribution is 2.61. The van der Waals surface area contributed by atoms with Gasteiger partial charge in [0.2, 0.25) is 12.0 Å². The first-order valence-electron chi connectivity index (χ1n) is 17.9. The van der Waals surface area contributed by atoms with Crippen molar-refractivity contribution in [3.05, 3.63) is 36.1 Å². The number of aliphatic hydroxyl groups excluding tert-OH is 4. The van der Waals surface area contributed by atoms with Crippen LogP contribution in [0.15, 0.2) is 35.0 Å². The number of benzene rings is 1. The van der Waals surface area contributed by atoms with E-state index in [2.05, 4.69) is 5.32 Å². The van der Waals surface area contributed by atoms with E-state index in [1.807, 2.05) is 0 Å². The molecule has 2 aliphatic heterocycles. The minimum atomic E-state index is -2.41. The Kier molecular flexibility index (Phi) is 10.7. The summed E-state index contributed by atoms with van der Waals surface area (Å²) < 4.78 is 30.8. The highest BCUT2D eigenvalue weighted by atomic mass is 33.1. The van der Waals surface area contributed by atoms with E-state index in [0.29, 0.717) is 29.6 Å². The van der Waals surface area contributed by atoms with Crippen molar-refractivity contribution < 1.29 is 58.8 Å². The van der Waals surface area contributed by atoms with Crippen LogP contribution in [0.5, 0.6) is 11.5 Å². The number of esters is 1. The molecule has 1 saturated heterocycles. The smallest absolute Gasteiger partial charge is 0.306 e. The van der Waals surface area contributed by atoms with Gasteiger partial charge in [0.15, 0.2) is 16.9 Å². The number of fused-ring (bicyclic) bond motifs is 11. The molecule has 7 rings (SSSR count). The molecule has 15 heteroatoms. The van der Waals surface area contributed by atoms with Gasteiger partial charge in [-0.1, -0.05) is 46.6 Å². The topological polar surface area (TPSA) is 201 Å². The van der Waals surface area contributed by atoms with Crippen molar-refractivity contribution in [2.75, 3.05) is 45.3 Å².